The summed E-state index contributed by atoms with van der Waals surface area (Å²) in [6.07, 6.45) is 0. The van der Waals surface area contributed by atoms with Crippen LogP contribution < -0.4 is 0 Å². The van der Waals surface area contributed by atoms with Crippen LogP contribution in [0.3, 0.4) is 0 Å². The van der Waals surface area contributed by atoms with Crippen LogP contribution in [0.5, 0.6) is 0 Å². The minimum Gasteiger partial charge on any atom is -0.454 e. The van der Waals surface area contributed by atoms with Gasteiger partial charge in [0.2, 0.25) is 5.78 Å². The van der Waals surface area contributed by atoms with Crippen molar-refractivity contribution in [3.8, 4) is 11.4 Å². The highest BCUT2D eigenvalue weighted by molar-refractivity contribution is 6.42. The van der Waals surface area contributed by atoms with Gasteiger partial charge in [-0.3, -0.25) is 4.79 Å². The van der Waals surface area contributed by atoms with Crippen LogP contribution in [0.25, 0.3) is 11.4 Å². The number of aryl methyl sites for hydroxylation is 2. The molecule has 0 aliphatic rings. The Kier molecular flexibility index (Phi) is 6.64. The minimum absolute atomic E-state index is 0.293. The average Bonchev–Trinajstić information content (AvgIpc) is 3.28. The third-order valence-electron chi connectivity index (χ3n) is 5.72. The Bertz CT molecular complexity index is 1400. The first-order chi connectivity index (χ1) is 16.2. The van der Waals surface area contributed by atoms with Gasteiger partial charge >= 0.3 is 5.97 Å². The molecule has 0 amide bonds. The number of Topliss-reactive ketones (excluding diaryl/α,β-unsaturated/α-hetero) is 1. The highest BCUT2D eigenvalue weighted by Crippen LogP contribution is 2.28. The first-order valence-electron chi connectivity index (χ1n) is 10.7. The molecule has 2 heterocycles. The van der Waals surface area contributed by atoms with Crippen molar-refractivity contribution >= 4 is 35.0 Å². The number of aromatic nitrogens is 3. The summed E-state index contributed by atoms with van der Waals surface area (Å²) in [5, 5.41) is 5.35. The van der Waals surface area contributed by atoms with Gasteiger partial charge in [-0.2, -0.15) is 5.10 Å². The van der Waals surface area contributed by atoms with Gasteiger partial charge in [-0.05, 0) is 64.1 Å². The summed E-state index contributed by atoms with van der Waals surface area (Å²) >= 11 is 12.2. The number of esters is 1. The lowest BCUT2D eigenvalue weighted by Crippen LogP contribution is -2.16. The number of rotatable bonds is 6. The van der Waals surface area contributed by atoms with Crippen LogP contribution >= 0.6 is 23.2 Å². The third-order valence-corrected chi connectivity index (χ3v) is 6.46. The molecule has 2 aromatic heterocycles. The van der Waals surface area contributed by atoms with Gasteiger partial charge in [0.1, 0.15) is 5.56 Å². The number of hydrogen-bond donors (Lipinski definition) is 0. The quantitative estimate of drug-likeness (QED) is 0.234. The Labute approximate surface area is 207 Å². The number of carbonyl (C=O) groups excluding carboxylic acids is 2. The normalized spacial score (nSPS) is 11.0. The van der Waals surface area contributed by atoms with Gasteiger partial charge in [0.25, 0.3) is 0 Å². The number of benzene rings is 2. The van der Waals surface area contributed by atoms with Crippen LogP contribution in [0.1, 0.15) is 43.5 Å². The second-order valence-electron chi connectivity index (χ2n) is 8.01. The lowest BCUT2D eigenvalue weighted by molar-refractivity contribution is 0.0473. The molecule has 0 bridgehead atoms. The zero-order chi connectivity index (χ0) is 24.6. The topological polar surface area (TPSA) is 66.1 Å². The summed E-state index contributed by atoms with van der Waals surface area (Å²) in [6, 6.07) is 16.6. The van der Waals surface area contributed by atoms with Crippen molar-refractivity contribution in [2.45, 2.75) is 27.7 Å². The van der Waals surface area contributed by atoms with Crippen molar-refractivity contribution in [3.63, 3.8) is 0 Å². The Hall–Kier alpha value is -3.35. The van der Waals surface area contributed by atoms with Gasteiger partial charge in [-0.15, -0.1) is 0 Å². The standard InChI is InChI=1S/C26H23Cl2N3O3/c1-15-12-21(17(3)30(15)20-10-11-22(27)23(28)13-20)24(32)14-34-26(33)25-16(2)29-31(18(25)4)19-8-6-5-7-9-19/h5-13H,14H2,1-4H3. The van der Waals surface area contributed by atoms with E-state index in [-0.39, 0.29) is 12.4 Å². The highest BCUT2D eigenvalue weighted by Gasteiger charge is 2.23. The summed E-state index contributed by atoms with van der Waals surface area (Å²) in [5.74, 6) is -0.873. The summed E-state index contributed by atoms with van der Waals surface area (Å²) < 4.78 is 9.02. The number of halogens is 2. The molecule has 0 fully saturated rings. The molecule has 0 atom stereocenters. The molecule has 0 saturated heterocycles. The molecule has 0 unspecified atom stereocenters. The number of ether oxygens (including phenoxy) is 1. The smallest absolute Gasteiger partial charge is 0.342 e. The van der Waals surface area contributed by atoms with Crippen LogP contribution in [-0.2, 0) is 4.74 Å². The monoisotopic (exact) mass is 495 g/mol. The van der Waals surface area contributed by atoms with E-state index in [4.69, 9.17) is 27.9 Å². The zero-order valence-corrected chi connectivity index (χ0v) is 20.7. The molecule has 2 aromatic carbocycles. The number of nitrogens with zero attached hydrogens (tertiary/aromatic N) is 3. The Morgan fingerprint density at radius 2 is 1.59 bits per heavy atom. The summed E-state index contributed by atoms with van der Waals surface area (Å²) in [4.78, 5) is 25.8. The van der Waals surface area contributed by atoms with E-state index in [9.17, 15) is 9.59 Å². The Balaban J connectivity index is 1.53. The van der Waals surface area contributed by atoms with Crippen molar-refractivity contribution < 1.29 is 14.3 Å². The first kappa shape index (κ1) is 23.8. The van der Waals surface area contributed by atoms with E-state index in [1.165, 1.54) is 0 Å². The van der Waals surface area contributed by atoms with Crippen LogP contribution in [-0.4, -0.2) is 32.7 Å². The number of ketones is 1. The van der Waals surface area contributed by atoms with E-state index in [0.717, 1.165) is 22.8 Å². The molecule has 0 aliphatic heterocycles. The maximum atomic E-state index is 13.0. The fraction of sp³-hybridized carbons (Fsp3) is 0.192. The molecule has 0 spiro atoms. The Morgan fingerprint density at radius 3 is 2.26 bits per heavy atom. The predicted molar refractivity (Wildman–Crippen MR) is 133 cm³/mol. The highest BCUT2D eigenvalue weighted by atomic mass is 35.5. The maximum absolute atomic E-state index is 13.0. The third kappa shape index (κ3) is 4.39. The van der Waals surface area contributed by atoms with Gasteiger partial charge in [0.15, 0.2) is 6.61 Å². The molecule has 34 heavy (non-hydrogen) atoms. The largest absolute Gasteiger partial charge is 0.454 e. The van der Waals surface area contributed by atoms with Gasteiger partial charge in [0, 0.05) is 22.6 Å². The molecular weight excluding hydrogens is 473 g/mol. The molecular formula is C26H23Cl2N3O3. The predicted octanol–water partition coefficient (Wildman–Crippen LogP) is 6.24. The second-order valence-corrected chi connectivity index (χ2v) is 8.83. The van der Waals surface area contributed by atoms with Crippen molar-refractivity contribution in [1.29, 1.82) is 0 Å². The van der Waals surface area contributed by atoms with Gasteiger partial charge in [-0.25, -0.2) is 9.48 Å². The average molecular weight is 496 g/mol. The molecule has 6 nitrogen and oxygen atoms in total. The van der Waals surface area contributed by atoms with Crippen molar-refractivity contribution in [2.75, 3.05) is 6.61 Å². The van der Waals surface area contributed by atoms with E-state index in [1.54, 1.807) is 36.7 Å². The number of hydrogen-bond acceptors (Lipinski definition) is 4. The maximum Gasteiger partial charge on any atom is 0.342 e. The van der Waals surface area contributed by atoms with E-state index in [0.29, 0.717) is 32.6 Å². The Morgan fingerprint density at radius 1 is 0.882 bits per heavy atom. The van der Waals surface area contributed by atoms with Crippen molar-refractivity contribution in [2.24, 2.45) is 0 Å². The molecule has 0 aliphatic carbocycles. The number of para-hydroxylation sites is 1. The first-order valence-corrected chi connectivity index (χ1v) is 11.4. The number of carbonyl (C=O) groups is 2. The van der Waals surface area contributed by atoms with Crippen molar-refractivity contribution in [3.05, 3.63) is 98.5 Å². The van der Waals surface area contributed by atoms with E-state index >= 15 is 0 Å². The lowest BCUT2D eigenvalue weighted by Gasteiger charge is -2.11. The van der Waals surface area contributed by atoms with Crippen LogP contribution in [0.4, 0.5) is 0 Å². The van der Waals surface area contributed by atoms with Crippen LogP contribution in [0, 0.1) is 27.7 Å². The summed E-state index contributed by atoms with van der Waals surface area (Å²) in [5.41, 5.74) is 5.23. The summed E-state index contributed by atoms with van der Waals surface area (Å²) in [7, 11) is 0. The fourth-order valence-corrected chi connectivity index (χ4v) is 4.40. The van der Waals surface area contributed by atoms with Crippen LogP contribution in [0.15, 0.2) is 54.6 Å². The van der Waals surface area contributed by atoms with Gasteiger partial charge in [-0.1, -0.05) is 41.4 Å². The van der Waals surface area contributed by atoms with Gasteiger partial charge in [0.05, 0.1) is 27.1 Å². The SMILES string of the molecule is Cc1nn(-c2ccccc2)c(C)c1C(=O)OCC(=O)c1cc(C)n(-c2ccc(Cl)c(Cl)c2)c1C. The molecule has 0 N–H and O–H groups in total. The lowest BCUT2D eigenvalue weighted by atomic mass is 10.1. The van der Waals surface area contributed by atoms with E-state index in [1.807, 2.05) is 54.8 Å². The van der Waals surface area contributed by atoms with Crippen molar-refractivity contribution in [1.82, 2.24) is 14.3 Å². The molecule has 174 valence electrons. The summed E-state index contributed by atoms with van der Waals surface area (Å²) in [6.45, 7) is 6.90. The molecule has 4 rings (SSSR count). The molecule has 0 saturated carbocycles. The fourth-order valence-electron chi connectivity index (χ4n) is 4.11. The van der Waals surface area contributed by atoms with E-state index < -0.39 is 5.97 Å². The zero-order valence-electron chi connectivity index (χ0n) is 19.2. The van der Waals surface area contributed by atoms with Crippen LogP contribution in [0.2, 0.25) is 10.0 Å². The molecule has 4 aromatic rings. The molecule has 0 radical (unpaired) electrons. The van der Waals surface area contributed by atoms with Gasteiger partial charge < -0.3 is 9.30 Å². The van der Waals surface area contributed by atoms with E-state index in [2.05, 4.69) is 5.10 Å². The minimum atomic E-state index is -0.580. The second kappa shape index (κ2) is 9.49. The molecule has 8 heteroatoms.